The second-order valence-corrected chi connectivity index (χ2v) is 5.76. The number of rotatable bonds is 4. The first-order chi connectivity index (χ1) is 8.72. The zero-order valence-corrected chi connectivity index (χ0v) is 12.4. The maximum absolute atomic E-state index is 5.84. The number of hydrogen-bond donors (Lipinski definition) is 1. The first-order valence-corrected chi connectivity index (χ1v) is 7.28. The third-order valence-electron chi connectivity index (χ3n) is 3.50. The zero-order chi connectivity index (χ0) is 13.0. The molecular formula is C14H21BrN2O. The molecule has 1 saturated heterocycles. The van der Waals surface area contributed by atoms with Crippen LogP contribution >= 0.6 is 15.9 Å². The highest BCUT2D eigenvalue weighted by Crippen LogP contribution is 2.28. The maximum Gasteiger partial charge on any atom is 0.0511 e. The van der Waals surface area contributed by atoms with Crippen LogP contribution in [-0.2, 0) is 11.3 Å². The highest BCUT2D eigenvalue weighted by Gasteiger charge is 2.17. The molecule has 1 aliphatic heterocycles. The van der Waals surface area contributed by atoms with E-state index >= 15 is 0 Å². The lowest BCUT2D eigenvalue weighted by Gasteiger charge is -2.29. The number of hydrogen-bond acceptors (Lipinski definition) is 3. The summed E-state index contributed by atoms with van der Waals surface area (Å²) in [5, 5.41) is 0. The van der Waals surface area contributed by atoms with E-state index < -0.39 is 0 Å². The SMILES string of the molecule is CN(CC1CCCOC1)c1cccc(Br)c1CN. The minimum Gasteiger partial charge on any atom is -0.381 e. The van der Waals surface area contributed by atoms with Crippen LogP contribution in [0.4, 0.5) is 5.69 Å². The van der Waals surface area contributed by atoms with Gasteiger partial charge in [0.15, 0.2) is 0 Å². The van der Waals surface area contributed by atoms with Crippen molar-refractivity contribution in [2.24, 2.45) is 11.7 Å². The van der Waals surface area contributed by atoms with Crippen molar-refractivity contribution in [2.45, 2.75) is 19.4 Å². The molecule has 0 spiro atoms. The third kappa shape index (κ3) is 3.25. The molecule has 1 atom stereocenters. The summed E-state index contributed by atoms with van der Waals surface area (Å²) in [6.45, 7) is 3.40. The molecular weight excluding hydrogens is 292 g/mol. The van der Waals surface area contributed by atoms with E-state index in [9.17, 15) is 0 Å². The van der Waals surface area contributed by atoms with Gasteiger partial charge in [0.25, 0.3) is 0 Å². The van der Waals surface area contributed by atoms with Gasteiger partial charge in [-0.25, -0.2) is 0 Å². The molecule has 2 rings (SSSR count). The molecule has 0 aliphatic carbocycles. The van der Waals surface area contributed by atoms with Crippen molar-refractivity contribution in [3.8, 4) is 0 Å². The molecule has 100 valence electrons. The Labute approximate surface area is 117 Å². The summed E-state index contributed by atoms with van der Waals surface area (Å²) in [7, 11) is 2.13. The Balaban J connectivity index is 2.07. The maximum atomic E-state index is 5.84. The van der Waals surface area contributed by atoms with Crippen LogP contribution in [0.15, 0.2) is 22.7 Å². The van der Waals surface area contributed by atoms with Crippen LogP contribution in [0.5, 0.6) is 0 Å². The molecule has 0 amide bonds. The molecule has 1 heterocycles. The van der Waals surface area contributed by atoms with Crippen LogP contribution in [0, 0.1) is 5.92 Å². The molecule has 1 aromatic rings. The van der Waals surface area contributed by atoms with Gasteiger partial charge in [0.05, 0.1) is 6.61 Å². The topological polar surface area (TPSA) is 38.5 Å². The Morgan fingerprint density at radius 2 is 2.33 bits per heavy atom. The number of benzene rings is 1. The van der Waals surface area contributed by atoms with Gasteiger partial charge >= 0.3 is 0 Å². The van der Waals surface area contributed by atoms with E-state index in [1.165, 1.54) is 24.1 Å². The molecule has 0 aromatic heterocycles. The van der Waals surface area contributed by atoms with Gasteiger partial charge in [-0.1, -0.05) is 22.0 Å². The minimum atomic E-state index is 0.558. The Hall–Kier alpha value is -0.580. The van der Waals surface area contributed by atoms with Crippen molar-refractivity contribution in [1.82, 2.24) is 0 Å². The molecule has 2 N–H and O–H groups in total. The minimum absolute atomic E-state index is 0.558. The lowest BCUT2D eigenvalue weighted by Crippen LogP contribution is -2.31. The fraction of sp³-hybridized carbons (Fsp3) is 0.571. The first kappa shape index (κ1) is 13.8. The molecule has 1 fully saturated rings. The highest BCUT2D eigenvalue weighted by molar-refractivity contribution is 9.10. The average Bonchev–Trinajstić information content (AvgIpc) is 2.39. The fourth-order valence-corrected chi connectivity index (χ4v) is 3.06. The molecule has 0 saturated carbocycles. The second kappa shape index (κ2) is 6.55. The van der Waals surface area contributed by atoms with Gasteiger partial charge in [0.1, 0.15) is 0 Å². The lowest BCUT2D eigenvalue weighted by atomic mass is 10.0. The monoisotopic (exact) mass is 312 g/mol. The smallest absolute Gasteiger partial charge is 0.0511 e. The van der Waals surface area contributed by atoms with Crippen LogP contribution in [0.3, 0.4) is 0 Å². The van der Waals surface area contributed by atoms with Gasteiger partial charge in [-0.15, -0.1) is 0 Å². The Bertz CT molecular complexity index is 391. The predicted octanol–water partition coefficient (Wildman–Crippen LogP) is 2.77. The van der Waals surface area contributed by atoms with Crippen LogP contribution in [0.1, 0.15) is 18.4 Å². The Morgan fingerprint density at radius 1 is 1.50 bits per heavy atom. The van der Waals surface area contributed by atoms with Crippen LogP contribution < -0.4 is 10.6 Å². The number of halogens is 1. The molecule has 1 aliphatic rings. The zero-order valence-electron chi connectivity index (χ0n) is 10.9. The van der Waals surface area contributed by atoms with E-state index in [4.69, 9.17) is 10.5 Å². The van der Waals surface area contributed by atoms with Crippen molar-refractivity contribution in [1.29, 1.82) is 0 Å². The Morgan fingerprint density at radius 3 is 3.00 bits per heavy atom. The van der Waals surface area contributed by atoms with Crippen molar-refractivity contribution in [3.05, 3.63) is 28.2 Å². The van der Waals surface area contributed by atoms with Gasteiger partial charge < -0.3 is 15.4 Å². The standard InChI is InChI=1S/C14H21BrN2O/c1-17(9-11-4-3-7-18-10-11)14-6-2-5-13(15)12(14)8-16/h2,5-6,11H,3-4,7-10,16H2,1H3. The van der Waals surface area contributed by atoms with E-state index in [1.807, 2.05) is 6.07 Å². The van der Waals surface area contributed by atoms with E-state index in [2.05, 4.69) is 40.0 Å². The van der Waals surface area contributed by atoms with Gasteiger partial charge in [0, 0.05) is 42.5 Å². The van der Waals surface area contributed by atoms with Crippen molar-refractivity contribution in [2.75, 3.05) is 31.7 Å². The van der Waals surface area contributed by atoms with E-state index in [0.29, 0.717) is 12.5 Å². The van der Waals surface area contributed by atoms with Crippen LogP contribution in [0.2, 0.25) is 0 Å². The van der Waals surface area contributed by atoms with Crippen molar-refractivity contribution < 1.29 is 4.74 Å². The number of nitrogens with zero attached hydrogens (tertiary/aromatic N) is 1. The van der Waals surface area contributed by atoms with E-state index in [0.717, 1.165) is 24.2 Å². The largest absolute Gasteiger partial charge is 0.381 e. The summed E-state index contributed by atoms with van der Waals surface area (Å²) in [5.41, 5.74) is 8.24. The number of anilines is 1. The summed E-state index contributed by atoms with van der Waals surface area (Å²) in [6, 6.07) is 6.24. The van der Waals surface area contributed by atoms with Crippen molar-refractivity contribution in [3.63, 3.8) is 0 Å². The molecule has 4 heteroatoms. The van der Waals surface area contributed by atoms with Gasteiger partial charge in [0.2, 0.25) is 0 Å². The summed E-state index contributed by atoms with van der Waals surface area (Å²) < 4.78 is 6.63. The highest BCUT2D eigenvalue weighted by atomic mass is 79.9. The fourth-order valence-electron chi connectivity index (χ4n) is 2.54. The lowest BCUT2D eigenvalue weighted by molar-refractivity contribution is 0.0576. The number of ether oxygens (including phenoxy) is 1. The predicted molar refractivity (Wildman–Crippen MR) is 78.8 cm³/mol. The van der Waals surface area contributed by atoms with Gasteiger partial charge in [-0.05, 0) is 30.9 Å². The molecule has 0 bridgehead atoms. The van der Waals surface area contributed by atoms with Crippen molar-refractivity contribution >= 4 is 21.6 Å². The Kier molecular flexibility index (Phi) is 5.03. The summed E-state index contributed by atoms with van der Waals surface area (Å²) in [6.07, 6.45) is 2.44. The molecule has 1 unspecified atom stereocenters. The molecule has 3 nitrogen and oxygen atoms in total. The number of nitrogens with two attached hydrogens (primary N) is 1. The normalized spacial score (nSPS) is 19.8. The third-order valence-corrected chi connectivity index (χ3v) is 4.24. The van der Waals surface area contributed by atoms with E-state index in [-0.39, 0.29) is 0 Å². The first-order valence-electron chi connectivity index (χ1n) is 6.48. The average molecular weight is 313 g/mol. The van der Waals surface area contributed by atoms with Gasteiger partial charge in [-0.3, -0.25) is 0 Å². The molecule has 0 radical (unpaired) electrons. The molecule has 18 heavy (non-hydrogen) atoms. The molecule has 1 aromatic carbocycles. The summed E-state index contributed by atoms with van der Waals surface area (Å²) in [4.78, 5) is 2.30. The van der Waals surface area contributed by atoms with Crippen LogP contribution in [-0.4, -0.2) is 26.8 Å². The summed E-state index contributed by atoms with van der Waals surface area (Å²) >= 11 is 3.57. The van der Waals surface area contributed by atoms with E-state index in [1.54, 1.807) is 0 Å². The second-order valence-electron chi connectivity index (χ2n) is 4.91. The quantitative estimate of drug-likeness (QED) is 0.929. The van der Waals surface area contributed by atoms with Crippen LogP contribution in [0.25, 0.3) is 0 Å². The summed E-state index contributed by atoms with van der Waals surface area (Å²) in [5.74, 6) is 0.633. The van der Waals surface area contributed by atoms with Gasteiger partial charge in [-0.2, -0.15) is 0 Å².